The van der Waals surface area contributed by atoms with Gasteiger partial charge in [0.25, 0.3) is 5.91 Å². The minimum atomic E-state index is -0.505. The van der Waals surface area contributed by atoms with Gasteiger partial charge >= 0.3 is 5.69 Å². The molecular formula is C19H25N3O5. The number of hydrogen-bond donors (Lipinski definition) is 1. The number of hydrogen-bond acceptors (Lipinski definition) is 6. The van der Waals surface area contributed by atoms with Gasteiger partial charge in [-0.25, -0.2) is 0 Å². The summed E-state index contributed by atoms with van der Waals surface area (Å²) >= 11 is 0. The molecule has 0 fully saturated rings. The highest BCUT2D eigenvalue weighted by Crippen LogP contribution is 2.26. The van der Waals surface area contributed by atoms with Gasteiger partial charge in [-0.2, -0.15) is 0 Å². The normalized spacial score (nSPS) is 10.8. The first-order valence-corrected chi connectivity index (χ1v) is 9.00. The fraction of sp³-hybridized carbons (Fsp3) is 0.421. The average molecular weight is 375 g/mol. The van der Waals surface area contributed by atoms with Crippen LogP contribution in [0.5, 0.6) is 5.75 Å². The molecule has 1 N–H and O–H groups in total. The van der Waals surface area contributed by atoms with Crippen LogP contribution < -0.4 is 10.1 Å². The molecule has 1 amide bonds. The molecule has 0 radical (unpaired) electrons. The smallest absolute Gasteiger partial charge is 0.310 e. The van der Waals surface area contributed by atoms with Crippen LogP contribution in [0.15, 0.2) is 40.8 Å². The predicted octanol–water partition coefficient (Wildman–Crippen LogP) is 3.23. The van der Waals surface area contributed by atoms with E-state index in [2.05, 4.69) is 24.1 Å². The van der Waals surface area contributed by atoms with Gasteiger partial charge in [-0.3, -0.25) is 14.9 Å². The molecule has 0 aliphatic heterocycles. The zero-order chi connectivity index (χ0) is 19.6. The Hall–Kier alpha value is -2.87. The number of nitro groups is 1. The summed E-state index contributed by atoms with van der Waals surface area (Å²) in [5.41, 5.74) is -0.116. The maximum Gasteiger partial charge on any atom is 0.310 e. The Kier molecular flexibility index (Phi) is 7.81. The van der Waals surface area contributed by atoms with Crippen LogP contribution in [0.4, 0.5) is 5.69 Å². The second-order valence-corrected chi connectivity index (χ2v) is 5.92. The van der Waals surface area contributed by atoms with E-state index in [1.807, 2.05) is 0 Å². The number of amides is 1. The maximum absolute atomic E-state index is 12.1. The van der Waals surface area contributed by atoms with Crippen molar-refractivity contribution in [3.8, 4) is 5.75 Å². The second kappa shape index (κ2) is 10.3. The van der Waals surface area contributed by atoms with Crippen molar-refractivity contribution < 1.29 is 18.9 Å². The lowest BCUT2D eigenvalue weighted by atomic mass is 10.3. The van der Waals surface area contributed by atoms with Gasteiger partial charge in [0, 0.05) is 12.6 Å². The summed E-state index contributed by atoms with van der Waals surface area (Å²) in [7, 11) is 0. The number of benzene rings is 1. The number of ether oxygens (including phenoxy) is 1. The van der Waals surface area contributed by atoms with Gasteiger partial charge in [0.1, 0.15) is 12.4 Å². The molecule has 146 valence electrons. The van der Waals surface area contributed by atoms with Gasteiger partial charge in [0.2, 0.25) is 0 Å². The molecule has 8 heteroatoms. The maximum atomic E-state index is 12.1. The minimum absolute atomic E-state index is 0.0000926. The van der Waals surface area contributed by atoms with Crippen LogP contribution in [-0.2, 0) is 6.61 Å². The Bertz CT molecular complexity index is 755. The van der Waals surface area contributed by atoms with Crippen molar-refractivity contribution in [2.24, 2.45) is 0 Å². The summed E-state index contributed by atoms with van der Waals surface area (Å²) in [5, 5.41) is 13.8. The lowest BCUT2D eigenvalue weighted by Gasteiger charge is -2.17. The standard InChI is InChI=1S/C19H25N3O5/c1-3-21(4-2)13-7-12-20-19(23)18-11-10-15(27-18)14-26-17-9-6-5-8-16(17)22(24)25/h5-6,8-11H,3-4,7,12-14H2,1-2H3,(H,20,23). The lowest BCUT2D eigenvalue weighted by molar-refractivity contribution is -0.386. The molecule has 2 rings (SSSR count). The first-order chi connectivity index (χ1) is 13.0. The number of nitrogens with zero attached hydrogens (tertiary/aromatic N) is 2. The monoisotopic (exact) mass is 375 g/mol. The first kappa shape index (κ1) is 20.4. The van der Waals surface area contributed by atoms with E-state index in [9.17, 15) is 14.9 Å². The molecule has 1 heterocycles. The van der Waals surface area contributed by atoms with Gasteiger partial charge in [-0.1, -0.05) is 26.0 Å². The topological polar surface area (TPSA) is 97.9 Å². The quantitative estimate of drug-likeness (QED) is 0.368. The molecular weight excluding hydrogens is 350 g/mol. The van der Waals surface area contributed by atoms with Gasteiger partial charge in [0.05, 0.1) is 4.92 Å². The van der Waals surface area contributed by atoms with E-state index >= 15 is 0 Å². The van der Waals surface area contributed by atoms with E-state index in [1.165, 1.54) is 12.1 Å². The summed E-state index contributed by atoms with van der Waals surface area (Å²) in [5.74, 6) is 0.480. The average Bonchev–Trinajstić information content (AvgIpc) is 3.15. The van der Waals surface area contributed by atoms with Crippen LogP contribution in [0.3, 0.4) is 0 Å². The number of carbonyl (C=O) groups excluding carboxylic acids is 1. The first-order valence-electron chi connectivity index (χ1n) is 9.00. The molecule has 0 atom stereocenters. The molecule has 0 bridgehead atoms. The van der Waals surface area contributed by atoms with Crippen molar-refractivity contribution in [2.75, 3.05) is 26.2 Å². The van der Waals surface area contributed by atoms with Crippen molar-refractivity contribution >= 4 is 11.6 Å². The van der Waals surface area contributed by atoms with Crippen LogP contribution in [0.25, 0.3) is 0 Å². The zero-order valence-corrected chi connectivity index (χ0v) is 15.6. The number of nitrogens with one attached hydrogen (secondary N) is 1. The summed E-state index contributed by atoms with van der Waals surface area (Å²) in [6, 6.07) is 9.30. The highest BCUT2D eigenvalue weighted by Gasteiger charge is 2.15. The molecule has 0 saturated carbocycles. The van der Waals surface area contributed by atoms with Crippen LogP contribution in [-0.4, -0.2) is 41.9 Å². The van der Waals surface area contributed by atoms with E-state index in [1.54, 1.807) is 24.3 Å². The number of rotatable bonds is 11. The third-order valence-electron chi connectivity index (χ3n) is 4.15. The van der Waals surface area contributed by atoms with E-state index < -0.39 is 4.92 Å². The number of nitro benzene ring substituents is 1. The summed E-state index contributed by atoms with van der Waals surface area (Å²) in [6.45, 7) is 7.70. The fourth-order valence-corrected chi connectivity index (χ4v) is 2.59. The summed E-state index contributed by atoms with van der Waals surface area (Å²) in [4.78, 5) is 24.9. The van der Waals surface area contributed by atoms with Crippen molar-refractivity contribution in [2.45, 2.75) is 26.9 Å². The lowest BCUT2D eigenvalue weighted by Crippen LogP contribution is -2.29. The third-order valence-corrected chi connectivity index (χ3v) is 4.15. The largest absolute Gasteiger partial charge is 0.479 e. The SMILES string of the molecule is CCN(CC)CCCNC(=O)c1ccc(COc2ccccc2[N+](=O)[O-])o1. The predicted molar refractivity (Wildman–Crippen MR) is 101 cm³/mol. The Morgan fingerprint density at radius 1 is 1.22 bits per heavy atom. The number of furan rings is 1. The highest BCUT2D eigenvalue weighted by molar-refractivity contribution is 5.91. The Balaban J connectivity index is 1.82. The second-order valence-electron chi connectivity index (χ2n) is 5.92. The molecule has 1 aromatic heterocycles. The Morgan fingerprint density at radius 3 is 2.67 bits per heavy atom. The molecule has 1 aromatic carbocycles. The van der Waals surface area contributed by atoms with Crippen LogP contribution in [0.1, 0.15) is 36.6 Å². The number of carbonyl (C=O) groups is 1. The summed E-state index contributed by atoms with van der Waals surface area (Å²) in [6.07, 6.45) is 0.863. The Morgan fingerprint density at radius 2 is 1.96 bits per heavy atom. The van der Waals surface area contributed by atoms with Gasteiger partial charge in [-0.15, -0.1) is 0 Å². The molecule has 0 unspecified atom stereocenters. The molecule has 0 aliphatic rings. The van der Waals surface area contributed by atoms with Crippen LogP contribution >= 0.6 is 0 Å². The zero-order valence-electron chi connectivity index (χ0n) is 15.6. The molecule has 0 aliphatic carbocycles. The highest BCUT2D eigenvalue weighted by atomic mass is 16.6. The van der Waals surface area contributed by atoms with Crippen molar-refractivity contribution in [1.29, 1.82) is 0 Å². The third kappa shape index (κ3) is 6.10. The van der Waals surface area contributed by atoms with Crippen molar-refractivity contribution in [3.63, 3.8) is 0 Å². The van der Waals surface area contributed by atoms with E-state index in [-0.39, 0.29) is 29.7 Å². The van der Waals surface area contributed by atoms with Crippen molar-refractivity contribution in [3.05, 3.63) is 58.0 Å². The minimum Gasteiger partial charge on any atom is -0.479 e. The summed E-state index contributed by atoms with van der Waals surface area (Å²) < 4.78 is 10.9. The molecule has 8 nitrogen and oxygen atoms in total. The van der Waals surface area contributed by atoms with Gasteiger partial charge in [0.15, 0.2) is 11.5 Å². The van der Waals surface area contributed by atoms with Crippen LogP contribution in [0, 0.1) is 10.1 Å². The van der Waals surface area contributed by atoms with Crippen LogP contribution in [0.2, 0.25) is 0 Å². The van der Waals surface area contributed by atoms with Gasteiger partial charge in [-0.05, 0) is 44.3 Å². The van der Waals surface area contributed by atoms with E-state index in [0.717, 1.165) is 26.1 Å². The van der Waals surface area contributed by atoms with Gasteiger partial charge < -0.3 is 19.4 Å². The fourth-order valence-electron chi connectivity index (χ4n) is 2.59. The van der Waals surface area contributed by atoms with Crippen molar-refractivity contribution in [1.82, 2.24) is 10.2 Å². The number of para-hydroxylation sites is 2. The van der Waals surface area contributed by atoms with E-state index in [0.29, 0.717) is 12.3 Å². The Labute approximate surface area is 158 Å². The van der Waals surface area contributed by atoms with E-state index in [4.69, 9.17) is 9.15 Å². The molecule has 0 spiro atoms. The molecule has 27 heavy (non-hydrogen) atoms. The molecule has 2 aromatic rings. The molecule has 0 saturated heterocycles.